The van der Waals surface area contributed by atoms with E-state index in [1.54, 1.807) is 4.90 Å². The number of aromatic amines is 1. The van der Waals surface area contributed by atoms with E-state index in [0.29, 0.717) is 6.42 Å². The highest BCUT2D eigenvalue weighted by Gasteiger charge is 2.40. The van der Waals surface area contributed by atoms with Gasteiger partial charge < -0.3 is 14.8 Å². The third-order valence-electron chi connectivity index (χ3n) is 6.40. The molecule has 1 atom stereocenters. The maximum atomic E-state index is 13.2. The molecule has 6 heteroatoms. The molecular weight excluding hydrogens is 416 g/mol. The highest BCUT2D eigenvalue weighted by atomic mass is 16.5. The summed E-state index contributed by atoms with van der Waals surface area (Å²) in [6.45, 7) is 0. The number of aromatic nitrogens is 1. The molecule has 4 aromatic rings. The number of para-hydroxylation sites is 1. The van der Waals surface area contributed by atoms with Gasteiger partial charge in [-0.15, -0.1) is 0 Å². The molecule has 1 aliphatic rings. The first kappa shape index (κ1) is 20.8. The van der Waals surface area contributed by atoms with Crippen molar-refractivity contribution in [2.75, 3.05) is 7.11 Å². The number of benzene rings is 3. The van der Waals surface area contributed by atoms with Crippen molar-refractivity contribution < 1.29 is 19.4 Å². The molecule has 0 aliphatic heterocycles. The highest BCUT2D eigenvalue weighted by Crippen LogP contribution is 2.47. The molecule has 3 aromatic carbocycles. The van der Waals surface area contributed by atoms with Gasteiger partial charge >= 0.3 is 12.1 Å². The van der Waals surface area contributed by atoms with Crippen LogP contribution in [0.25, 0.3) is 22.0 Å². The number of carbonyl (C=O) groups is 2. The van der Waals surface area contributed by atoms with Crippen molar-refractivity contribution in [3.05, 3.63) is 95.7 Å². The first-order chi connectivity index (χ1) is 16.1. The van der Waals surface area contributed by atoms with Crippen LogP contribution in [-0.4, -0.2) is 40.2 Å². The Morgan fingerprint density at radius 2 is 1.58 bits per heavy atom. The van der Waals surface area contributed by atoms with Crippen molar-refractivity contribution >= 4 is 23.0 Å². The van der Waals surface area contributed by atoms with Gasteiger partial charge in [-0.25, -0.2) is 4.79 Å². The van der Waals surface area contributed by atoms with Crippen molar-refractivity contribution in [2.24, 2.45) is 0 Å². The number of carboxylic acid groups (broad SMARTS) is 1. The number of ether oxygens (including phenoxy) is 1. The van der Waals surface area contributed by atoms with Crippen molar-refractivity contribution in [1.82, 2.24) is 9.88 Å². The number of H-pyrrole nitrogens is 1. The number of hydrogen-bond acceptors (Lipinski definition) is 3. The molecular formula is C27H24N2O4. The Bertz CT molecular complexity index is 1300. The average molecular weight is 440 g/mol. The number of rotatable bonds is 6. The molecule has 0 radical (unpaired) electrons. The normalized spacial score (nSPS) is 13.4. The summed E-state index contributed by atoms with van der Waals surface area (Å²) in [6.07, 6.45) is 1.53. The summed E-state index contributed by atoms with van der Waals surface area (Å²) in [7, 11) is 1.34. The summed E-state index contributed by atoms with van der Waals surface area (Å²) in [6, 6.07) is 22.7. The first-order valence-corrected chi connectivity index (χ1v) is 10.9. The first-order valence-electron chi connectivity index (χ1n) is 10.9. The smallest absolute Gasteiger partial charge is 0.410 e. The van der Waals surface area contributed by atoms with E-state index in [4.69, 9.17) is 4.74 Å². The standard InChI is InChI=1S/C27H24N2O4/c1-33-27(32)29(26-22-11-4-2-9-20(22)21-10-3-5-12-23(21)26)18(15-25(30)31)14-17-16-28-24-13-7-6-8-19(17)24/h2-13,16,18,26,28H,14-15H2,1H3,(H,30,31). The van der Waals surface area contributed by atoms with E-state index in [1.807, 2.05) is 79.0 Å². The Kier molecular flexibility index (Phi) is 5.34. The Morgan fingerprint density at radius 1 is 0.970 bits per heavy atom. The molecule has 0 spiro atoms. The lowest BCUT2D eigenvalue weighted by Crippen LogP contribution is -2.45. The molecule has 1 heterocycles. The predicted octanol–water partition coefficient (Wildman–Crippen LogP) is 5.39. The van der Waals surface area contributed by atoms with Gasteiger partial charge in [0.15, 0.2) is 0 Å². The molecule has 0 saturated heterocycles. The van der Waals surface area contributed by atoms with Crippen LogP contribution in [0, 0.1) is 0 Å². The van der Waals surface area contributed by atoms with E-state index in [0.717, 1.165) is 38.7 Å². The summed E-state index contributed by atoms with van der Waals surface area (Å²) < 4.78 is 5.21. The number of carboxylic acids is 1. The Balaban J connectivity index is 1.63. The second-order valence-corrected chi connectivity index (χ2v) is 8.27. The summed E-state index contributed by atoms with van der Waals surface area (Å²) in [5.74, 6) is -0.965. The number of methoxy groups -OCH3 is 1. The fourth-order valence-electron chi connectivity index (χ4n) is 5.02. The van der Waals surface area contributed by atoms with Crippen LogP contribution in [0.5, 0.6) is 0 Å². The van der Waals surface area contributed by atoms with Crippen LogP contribution in [0.15, 0.2) is 79.0 Å². The van der Waals surface area contributed by atoms with Crippen molar-refractivity contribution in [3.63, 3.8) is 0 Å². The summed E-state index contributed by atoms with van der Waals surface area (Å²) in [5.41, 5.74) is 5.98. The Morgan fingerprint density at radius 3 is 2.21 bits per heavy atom. The number of nitrogens with zero attached hydrogens (tertiary/aromatic N) is 1. The molecule has 0 fully saturated rings. The zero-order chi connectivity index (χ0) is 22.9. The number of aliphatic carboxylic acids is 1. The van der Waals surface area contributed by atoms with Gasteiger partial charge in [-0.05, 0) is 40.3 Å². The third-order valence-corrected chi connectivity index (χ3v) is 6.40. The second kappa shape index (κ2) is 8.47. The minimum absolute atomic E-state index is 0.199. The van der Waals surface area contributed by atoms with Gasteiger partial charge in [0.1, 0.15) is 0 Å². The predicted molar refractivity (Wildman–Crippen MR) is 126 cm³/mol. The number of nitrogens with one attached hydrogen (secondary N) is 1. The van der Waals surface area contributed by atoms with Crippen LogP contribution >= 0.6 is 0 Å². The van der Waals surface area contributed by atoms with Gasteiger partial charge in [0.25, 0.3) is 0 Å². The minimum Gasteiger partial charge on any atom is -0.481 e. The van der Waals surface area contributed by atoms with E-state index in [-0.39, 0.29) is 6.42 Å². The topological polar surface area (TPSA) is 82.6 Å². The van der Waals surface area contributed by atoms with Crippen molar-refractivity contribution in [3.8, 4) is 11.1 Å². The van der Waals surface area contributed by atoms with Gasteiger partial charge in [0, 0.05) is 17.1 Å². The Hall–Kier alpha value is -4.06. The molecule has 166 valence electrons. The lowest BCUT2D eigenvalue weighted by molar-refractivity contribution is -0.138. The SMILES string of the molecule is COC(=O)N(C(CC(=O)O)Cc1c[nH]c2ccccc12)C1c2ccccc2-c2ccccc21. The van der Waals surface area contributed by atoms with Crippen molar-refractivity contribution in [2.45, 2.75) is 24.9 Å². The number of fused-ring (bicyclic) bond motifs is 4. The zero-order valence-electron chi connectivity index (χ0n) is 18.2. The molecule has 0 bridgehead atoms. The van der Waals surface area contributed by atoms with Gasteiger partial charge in [-0.3, -0.25) is 9.69 Å². The molecule has 1 aromatic heterocycles. The minimum atomic E-state index is -0.965. The van der Waals surface area contributed by atoms with Crippen molar-refractivity contribution in [1.29, 1.82) is 0 Å². The maximum absolute atomic E-state index is 13.2. The highest BCUT2D eigenvalue weighted by molar-refractivity contribution is 5.84. The molecule has 0 saturated carbocycles. The zero-order valence-corrected chi connectivity index (χ0v) is 18.2. The lowest BCUT2D eigenvalue weighted by Gasteiger charge is -2.36. The summed E-state index contributed by atoms with van der Waals surface area (Å²) >= 11 is 0. The van der Waals surface area contributed by atoms with E-state index in [1.165, 1.54) is 7.11 Å². The van der Waals surface area contributed by atoms with E-state index < -0.39 is 24.1 Å². The van der Waals surface area contributed by atoms with Crippen LogP contribution in [0.2, 0.25) is 0 Å². The molecule has 6 nitrogen and oxygen atoms in total. The number of hydrogen-bond donors (Lipinski definition) is 2. The lowest BCUT2D eigenvalue weighted by atomic mass is 9.96. The fourth-order valence-corrected chi connectivity index (χ4v) is 5.02. The van der Waals surface area contributed by atoms with Crippen LogP contribution in [0.3, 0.4) is 0 Å². The van der Waals surface area contributed by atoms with Gasteiger partial charge in [-0.1, -0.05) is 66.7 Å². The number of amides is 1. The molecule has 5 rings (SSSR count). The largest absolute Gasteiger partial charge is 0.481 e. The Labute approximate surface area is 191 Å². The van der Waals surface area contributed by atoms with Crippen LogP contribution in [0.4, 0.5) is 4.79 Å². The van der Waals surface area contributed by atoms with Gasteiger partial charge in [0.2, 0.25) is 0 Å². The van der Waals surface area contributed by atoms with E-state index in [9.17, 15) is 14.7 Å². The second-order valence-electron chi connectivity index (χ2n) is 8.27. The molecule has 1 amide bonds. The molecule has 33 heavy (non-hydrogen) atoms. The molecule has 2 N–H and O–H groups in total. The molecule has 1 unspecified atom stereocenters. The van der Waals surface area contributed by atoms with E-state index in [2.05, 4.69) is 4.98 Å². The summed E-state index contributed by atoms with van der Waals surface area (Å²) in [4.78, 5) is 30.0. The molecule has 1 aliphatic carbocycles. The fraction of sp³-hybridized carbons (Fsp3) is 0.185. The van der Waals surface area contributed by atoms with E-state index >= 15 is 0 Å². The van der Waals surface area contributed by atoms with Crippen LogP contribution in [-0.2, 0) is 16.0 Å². The quantitative estimate of drug-likeness (QED) is 0.421. The van der Waals surface area contributed by atoms with Crippen LogP contribution in [0.1, 0.15) is 29.2 Å². The van der Waals surface area contributed by atoms with Crippen LogP contribution < -0.4 is 0 Å². The average Bonchev–Trinajstić information content (AvgIpc) is 3.38. The maximum Gasteiger partial charge on any atom is 0.410 e. The van der Waals surface area contributed by atoms with Gasteiger partial charge in [0.05, 0.1) is 25.6 Å². The number of carbonyl (C=O) groups excluding carboxylic acids is 1. The monoisotopic (exact) mass is 440 g/mol. The van der Waals surface area contributed by atoms with Gasteiger partial charge in [-0.2, -0.15) is 0 Å². The summed E-state index contributed by atoms with van der Waals surface area (Å²) in [5, 5.41) is 10.8. The third kappa shape index (κ3) is 3.63.